The first kappa shape index (κ1) is 23.0. The summed E-state index contributed by atoms with van der Waals surface area (Å²) in [5.74, 6) is 0. The van der Waals surface area contributed by atoms with E-state index >= 15 is 0 Å². The maximum absolute atomic E-state index is 6.10. The van der Waals surface area contributed by atoms with Gasteiger partial charge in [0.1, 0.15) is 0 Å². The fourth-order valence-corrected chi connectivity index (χ4v) is 4.47. The molecule has 0 unspecified atom stereocenters. The summed E-state index contributed by atoms with van der Waals surface area (Å²) in [6.07, 6.45) is 1.92. The largest absolute Gasteiger partial charge is 0.372 e. The Kier molecular flexibility index (Phi) is 7.42. The Morgan fingerprint density at radius 2 is 0.909 bits per heavy atom. The van der Waals surface area contributed by atoms with Crippen LogP contribution in [0.2, 0.25) is 0 Å². The highest BCUT2D eigenvalue weighted by atomic mass is 16.5. The van der Waals surface area contributed by atoms with Gasteiger partial charge in [-0.2, -0.15) is 0 Å². The quantitative estimate of drug-likeness (QED) is 0.275. The van der Waals surface area contributed by atoms with Crippen LogP contribution in [-0.4, -0.2) is 0 Å². The maximum Gasteiger partial charge on any atom is 0.0721 e. The summed E-state index contributed by atoms with van der Waals surface area (Å²) in [4.78, 5) is 0. The minimum Gasteiger partial charge on any atom is -0.372 e. The van der Waals surface area contributed by atoms with Crippen LogP contribution in [-0.2, 0) is 30.8 Å². The first-order valence-electron chi connectivity index (χ1n) is 11.8. The second-order valence-corrected chi connectivity index (χ2v) is 9.35. The lowest BCUT2D eigenvalue weighted by Gasteiger charge is -2.11. The van der Waals surface area contributed by atoms with Gasteiger partial charge < -0.3 is 4.74 Å². The van der Waals surface area contributed by atoms with E-state index in [4.69, 9.17) is 4.74 Å². The molecule has 0 aliphatic rings. The number of hydrogen-bond donors (Lipinski definition) is 0. The van der Waals surface area contributed by atoms with Crippen LogP contribution in [0.25, 0.3) is 0 Å². The van der Waals surface area contributed by atoms with E-state index in [-0.39, 0.29) is 0 Å². The van der Waals surface area contributed by atoms with E-state index < -0.39 is 0 Å². The summed E-state index contributed by atoms with van der Waals surface area (Å²) >= 11 is 0. The molecule has 4 aromatic carbocycles. The van der Waals surface area contributed by atoms with Crippen molar-refractivity contribution in [2.24, 2.45) is 0 Å². The van der Waals surface area contributed by atoms with Gasteiger partial charge in [0.15, 0.2) is 0 Å². The zero-order valence-electron chi connectivity index (χ0n) is 20.3. The number of ether oxygens (including phenoxy) is 1. The molecule has 0 N–H and O–H groups in total. The Morgan fingerprint density at radius 3 is 1.33 bits per heavy atom. The second kappa shape index (κ2) is 10.6. The molecule has 0 aliphatic heterocycles. The Morgan fingerprint density at radius 1 is 0.485 bits per heavy atom. The smallest absolute Gasteiger partial charge is 0.0721 e. The highest BCUT2D eigenvalue weighted by molar-refractivity contribution is 5.37. The summed E-state index contributed by atoms with van der Waals surface area (Å²) in [5.41, 5.74) is 13.2. The Labute approximate surface area is 199 Å². The van der Waals surface area contributed by atoms with E-state index in [1.54, 1.807) is 0 Å². The van der Waals surface area contributed by atoms with Gasteiger partial charge in [0.2, 0.25) is 0 Å². The van der Waals surface area contributed by atoms with E-state index in [1.807, 2.05) is 0 Å². The fourth-order valence-electron chi connectivity index (χ4n) is 4.47. The van der Waals surface area contributed by atoms with Gasteiger partial charge in [0, 0.05) is 0 Å². The molecule has 0 aliphatic carbocycles. The van der Waals surface area contributed by atoms with Crippen LogP contribution < -0.4 is 0 Å². The van der Waals surface area contributed by atoms with E-state index in [0.717, 1.165) is 12.8 Å². The molecule has 0 amide bonds. The van der Waals surface area contributed by atoms with Gasteiger partial charge in [-0.05, 0) is 85.0 Å². The number of benzene rings is 4. The van der Waals surface area contributed by atoms with Crippen LogP contribution in [0.1, 0.15) is 55.6 Å². The first-order chi connectivity index (χ1) is 16.0. The van der Waals surface area contributed by atoms with Gasteiger partial charge in [0.25, 0.3) is 0 Å². The molecule has 0 bridgehead atoms. The van der Waals surface area contributed by atoms with Gasteiger partial charge in [-0.1, -0.05) is 96.1 Å². The van der Waals surface area contributed by atoms with Crippen molar-refractivity contribution in [1.29, 1.82) is 0 Å². The molecule has 0 fully saturated rings. The van der Waals surface area contributed by atoms with E-state index in [9.17, 15) is 0 Å². The molecule has 0 aromatic heterocycles. The van der Waals surface area contributed by atoms with Crippen molar-refractivity contribution in [3.8, 4) is 0 Å². The van der Waals surface area contributed by atoms with Crippen molar-refractivity contribution < 1.29 is 4.74 Å². The van der Waals surface area contributed by atoms with E-state index in [1.165, 1.54) is 55.6 Å². The molecular weight excluding hydrogens is 400 g/mol. The van der Waals surface area contributed by atoms with Gasteiger partial charge in [-0.25, -0.2) is 0 Å². The number of hydrogen-bond acceptors (Lipinski definition) is 1. The summed E-state index contributed by atoms with van der Waals surface area (Å²) in [6, 6.07) is 31.0. The van der Waals surface area contributed by atoms with Crippen molar-refractivity contribution >= 4 is 0 Å². The predicted octanol–water partition coefficient (Wildman–Crippen LogP) is 7.82. The lowest BCUT2D eigenvalue weighted by molar-refractivity contribution is 0.107. The van der Waals surface area contributed by atoms with Crippen molar-refractivity contribution in [1.82, 2.24) is 0 Å². The highest BCUT2D eigenvalue weighted by Gasteiger charge is 2.05. The highest BCUT2D eigenvalue weighted by Crippen LogP contribution is 2.19. The molecule has 4 rings (SSSR count). The lowest BCUT2D eigenvalue weighted by atomic mass is 9.98. The van der Waals surface area contributed by atoms with Gasteiger partial charge in [-0.3, -0.25) is 0 Å². The predicted molar refractivity (Wildman–Crippen MR) is 139 cm³/mol. The summed E-state index contributed by atoms with van der Waals surface area (Å²) in [7, 11) is 0. The molecule has 0 heterocycles. The van der Waals surface area contributed by atoms with Crippen molar-refractivity contribution in [3.05, 3.63) is 141 Å². The molecule has 168 valence electrons. The normalized spacial score (nSPS) is 11.0. The van der Waals surface area contributed by atoms with Crippen LogP contribution in [0.4, 0.5) is 0 Å². The van der Waals surface area contributed by atoms with Crippen LogP contribution >= 0.6 is 0 Å². The Bertz CT molecular complexity index is 1140. The monoisotopic (exact) mass is 434 g/mol. The maximum atomic E-state index is 6.10. The molecule has 33 heavy (non-hydrogen) atoms. The fraction of sp³-hybridized carbons (Fsp3) is 0.250. The van der Waals surface area contributed by atoms with Gasteiger partial charge in [-0.15, -0.1) is 0 Å². The van der Waals surface area contributed by atoms with E-state index in [2.05, 4.69) is 113 Å². The van der Waals surface area contributed by atoms with Crippen LogP contribution in [0, 0.1) is 27.7 Å². The third-order valence-electron chi connectivity index (χ3n) is 6.31. The van der Waals surface area contributed by atoms with Crippen LogP contribution in [0.15, 0.2) is 84.9 Å². The standard InChI is InChI=1S/C32H34O/c1-23-11-13-31(25(3)15-23)19-27-7-5-9-29(17-27)21-33-22-30-10-6-8-28(18-30)20-32-14-12-24(2)16-26(32)4/h5-18H,19-22H2,1-4H3. The molecule has 1 heteroatoms. The average Bonchev–Trinajstić information content (AvgIpc) is 2.78. The topological polar surface area (TPSA) is 9.23 Å². The SMILES string of the molecule is Cc1ccc(Cc2cccc(COCc3cccc(Cc4ccc(C)cc4C)c3)c2)c(C)c1. The number of aryl methyl sites for hydroxylation is 4. The Hall–Kier alpha value is -3.16. The molecule has 0 saturated heterocycles. The Balaban J connectivity index is 1.35. The minimum atomic E-state index is 0.627. The molecule has 0 spiro atoms. The molecule has 1 nitrogen and oxygen atoms in total. The second-order valence-electron chi connectivity index (χ2n) is 9.35. The first-order valence-corrected chi connectivity index (χ1v) is 11.8. The lowest BCUT2D eigenvalue weighted by Crippen LogP contribution is -1.98. The molecule has 4 aromatic rings. The number of rotatable bonds is 8. The minimum absolute atomic E-state index is 0.627. The zero-order chi connectivity index (χ0) is 23.2. The van der Waals surface area contributed by atoms with Crippen molar-refractivity contribution in [3.63, 3.8) is 0 Å². The third kappa shape index (κ3) is 6.43. The zero-order valence-corrected chi connectivity index (χ0v) is 20.3. The van der Waals surface area contributed by atoms with Crippen LogP contribution in [0.5, 0.6) is 0 Å². The summed E-state index contributed by atoms with van der Waals surface area (Å²) < 4.78 is 6.10. The summed E-state index contributed by atoms with van der Waals surface area (Å²) in [5, 5.41) is 0. The average molecular weight is 435 g/mol. The van der Waals surface area contributed by atoms with Gasteiger partial charge in [0.05, 0.1) is 13.2 Å². The molecule has 0 atom stereocenters. The molecular formula is C32H34O. The molecule has 0 saturated carbocycles. The third-order valence-corrected chi connectivity index (χ3v) is 6.31. The van der Waals surface area contributed by atoms with Gasteiger partial charge >= 0.3 is 0 Å². The molecule has 0 radical (unpaired) electrons. The summed E-state index contributed by atoms with van der Waals surface area (Å²) in [6.45, 7) is 9.94. The van der Waals surface area contributed by atoms with Crippen molar-refractivity contribution in [2.75, 3.05) is 0 Å². The van der Waals surface area contributed by atoms with Crippen LogP contribution in [0.3, 0.4) is 0 Å². The van der Waals surface area contributed by atoms with E-state index in [0.29, 0.717) is 13.2 Å². The van der Waals surface area contributed by atoms with Crippen molar-refractivity contribution in [2.45, 2.75) is 53.8 Å².